The standard InChI is InChI=1S/C21H22N2OS/c1-4-18(22-20(24)16-8-6-5-7-9-16)21-23-19(13-25-21)17-12-14(2)10-11-15(17)3/h5-13,18H,4H2,1-3H3,(H,22,24)/t18-/m0/s1. The molecule has 0 radical (unpaired) electrons. The molecule has 1 heterocycles. The van der Waals surface area contributed by atoms with E-state index in [1.807, 2.05) is 30.3 Å². The first-order valence-corrected chi connectivity index (χ1v) is 9.35. The molecule has 1 atom stereocenters. The number of carbonyl (C=O) groups is 1. The molecule has 3 rings (SSSR count). The molecule has 4 heteroatoms. The molecule has 1 N–H and O–H groups in total. The number of amides is 1. The van der Waals surface area contributed by atoms with Crippen LogP contribution in [0.15, 0.2) is 53.9 Å². The Kier molecular flexibility index (Phi) is 5.29. The normalized spacial score (nSPS) is 12.0. The summed E-state index contributed by atoms with van der Waals surface area (Å²) >= 11 is 1.60. The minimum atomic E-state index is -0.0726. The molecule has 0 saturated carbocycles. The number of thiazole rings is 1. The SMILES string of the molecule is CC[C@H](NC(=O)c1ccccc1)c1nc(-c2cc(C)ccc2C)cs1. The third-order valence-electron chi connectivity index (χ3n) is 4.24. The van der Waals surface area contributed by atoms with Crippen LogP contribution in [0.25, 0.3) is 11.3 Å². The number of hydrogen-bond donors (Lipinski definition) is 1. The van der Waals surface area contributed by atoms with Crippen LogP contribution in [0.5, 0.6) is 0 Å². The zero-order valence-corrected chi connectivity index (χ0v) is 15.6. The van der Waals surface area contributed by atoms with Crippen molar-refractivity contribution in [3.05, 3.63) is 75.6 Å². The quantitative estimate of drug-likeness (QED) is 0.678. The maximum Gasteiger partial charge on any atom is 0.251 e. The maximum atomic E-state index is 12.4. The van der Waals surface area contributed by atoms with Gasteiger partial charge in [-0.3, -0.25) is 4.79 Å². The molecule has 0 aliphatic heterocycles. The monoisotopic (exact) mass is 350 g/mol. The summed E-state index contributed by atoms with van der Waals surface area (Å²) in [6, 6.07) is 15.6. The van der Waals surface area contributed by atoms with E-state index in [0.29, 0.717) is 5.56 Å². The Bertz CT molecular complexity index is 871. The second kappa shape index (κ2) is 7.62. The Hall–Kier alpha value is -2.46. The van der Waals surface area contributed by atoms with Crippen LogP contribution in [0.4, 0.5) is 0 Å². The summed E-state index contributed by atoms with van der Waals surface area (Å²) in [5, 5.41) is 6.12. The highest BCUT2D eigenvalue weighted by Gasteiger charge is 2.18. The van der Waals surface area contributed by atoms with Gasteiger partial charge in [-0.15, -0.1) is 11.3 Å². The Morgan fingerprint density at radius 2 is 1.92 bits per heavy atom. The third-order valence-corrected chi connectivity index (χ3v) is 5.20. The van der Waals surface area contributed by atoms with Gasteiger partial charge >= 0.3 is 0 Å². The molecule has 0 spiro atoms. The second-order valence-corrected chi connectivity index (χ2v) is 7.08. The van der Waals surface area contributed by atoms with Crippen molar-refractivity contribution in [1.82, 2.24) is 10.3 Å². The molecule has 0 aliphatic rings. The van der Waals surface area contributed by atoms with Gasteiger partial charge in [-0.2, -0.15) is 0 Å². The number of nitrogens with zero attached hydrogens (tertiary/aromatic N) is 1. The fourth-order valence-electron chi connectivity index (χ4n) is 2.75. The summed E-state index contributed by atoms with van der Waals surface area (Å²) in [5.74, 6) is -0.0593. The minimum Gasteiger partial charge on any atom is -0.343 e. The van der Waals surface area contributed by atoms with Gasteiger partial charge in [-0.25, -0.2) is 4.98 Å². The van der Waals surface area contributed by atoms with Crippen LogP contribution >= 0.6 is 11.3 Å². The number of hydrogen-bond acceptors (Lipinski definition) is 3. The summed E-state index contributed by atoms with van der Waals surface area (Å²) in [4.78, 5) is 17.2. The lowest BCUT2D eigenvalue weighted by Crippen LogP contribution is -2.28. The second-order valence-electron chi connectivity index (χ2n) is 6.19. The molecule has 0 bridgehead atoms. The highest BCUT2D eigenvalue weighted by molar-refractivity contribution is 7.10. The number of aryl methyl sites for hydroxylation is 2. The first-order valence-electron chi connectivity index (χ1n) is 8.47. The molecule has 2 aromatic carbocycles. The van der Waals surface area contributed by atoms with Crippen LogP contribution in [0.2, 0.25) is 0 Å². The molecule has 1 aromatic heterocycles. The molecular formula is C21H22N2OS. The summed E-state index contributed by atoms with van der Waals surface area (Å²) < 4.78 is 0. The lowest BCUT2D eigenvalue weighted by Gasteiger charge is -2.14. The van der Waals surface area contributed by atoms with E-state index in [9.17, 15) is 4.79 Å². The Balaban J connectivity index is 1.82. The molecule has 0 fully saturated rings. The van der Waals surface area contributed by atoms with Gasteiger partial charge in [0.25, 0.3) is 5.91 Å². The number of carbonyl (C=O) groups excluding carboxylic acids is 1. The van der Waals surface area contributed by atoms with Crippen LogP contribution in [0.3, 0.4) is 0 Å². The molecular weight excluding hydrogens is 328 g/mol. The number of aromatic nitrogens is 1. The summed E-state index contributed by atoms with van der Waals surface area (Å²) in [5.41, 5.74) is 5.25. The van der Waals surface area contributed by atoms with E-state index in [1.54, 1.807) is 11.3 Å². The number of benzene rings is 2. The predicted molar refractivity (Wildman–Crippen MR) is 104 cm³/mol. The van der Waals surface area contributed by atoms with Crippen LogP contribution in [-0.4, -0.2) is 10.9 Å². The maximum absolute atomic E-state index is 12.4. The molecule has 3 aromatic rings. The van der Waals surface area contributed by atoms with Gasteiger partial charge in [0, 0.05) is 16.5 Å². The first kappa shape index (κ1) is 17.4. The van der Waals surface area contributed by atoms with Crippen molar-refractivity contribution >= 4 is 17.2 Å². The Labute approximate surface area is 152 Å². The highest BCUT2D eigenvalue weighted by Crippen LogP contribution is 2.29. The molecule has 0 aliphatic carbocycles. The molecule has 0 saturated heterocycles. The molecule has 1 amide bonds. The average Bonchev–Trinajstić information content (AvgIpc) is 3.12. The van der Waals surface area contributed by atoms with Gasteiger partial charge < -0.3 is 5.32 Å². The summed E-state index contributed by atoms with van der Waals surface area (Å²) in [6.45, 7) is 6.25. The van der Waals surface area contributed by atoms with Gasteiger partial charge in [0.1, 0.15) is 5.01 Å². The van der Waals surface area contributed by atoms with Gasteiger partial charge in [-0.05, 0) is 44.0 Å². The van der Waals surface area contributed by atoms with E-state index in [4.69, 9.17) is 4.98 Å². The van der Waals surface area contributed by atoms with Crippen molar-refractivity contribution in [2.45, 2.75) is 33.2 Å². The third kappa shape index (κ3) is 3.97. The van der Waals surface area contributed by atoms with Crippen molar-refractivity contribution in [3.63, 3.8) is 0 Å². The smallest absolute Gasteiger partial charge is 0.251 e. The predicted octanol–water partition coefficient (Wildman–Crippen LogP) is 5.31. The lowest BCUT2D eigenvalue weighted by molar-refractivity contribution is 0.0935. The van der Waals surface area contributed by atoms with E-state index in [1.165, 1.54) is 11.1 Å². The largest absolute Gasteiger partial charge is 0.343 e. The van der Waals surface area contributed by atoms with Crippen molar-refractivity contribution in [2.24, 2.45) is 0 Å². The summed E-state index contributed by atoms with van der Waals surface area (Å²) in [7, 11) is 0. The Morgan fingerprint density at radius 1 is 1.16 bits per heavy atom. The highest BCUT2D eigenvalue weighted by atomic mass is 32.1. The van der Waals surface area contributed by atoms with E-state index < -0.39 is 0 Å². The van der Waals surface area contributed by atoms with Crippen molar-refractivity contribution in [2.75, 3.05) is 0 Å². The first-order chi connectivity index (χ1) is 12.1. The average molecular weight is 350 g/mol. The van der Waals surface area contributed by atoms with E-state index in [2.05, 4.69) is 49.7 Å². The van der Waals surface area contributed by atoms with Crippen molar-refractivity contribution in [3.8, 4) is 11.3 Å². The molecule has 128 valence electrons. The fourth-order valence-corrected chi connectivity index (χ4v) is 3.71. The van der Waals surface area contributed by atoms with E-state index in [0.717, 1.165) is 22.7 Å². The van der Waals surface area contributed by atoms with Gasteiger partial charge in [-0.1, -0.05) is 42.8 Å². The van der Waals surface area contributed by atoms with Gasteiger partial charge in [0.15, 0.2) is 0 Å². The topological polar surface area (TPSA) is 42.0 Å². The molecule has 0 unspecified atom stereocenters. The summed E-state index contributed by atoms with van der Waals surface area (Å²) in [6.07, 6.45) is 0.804. The van der Waals surface area contributed by atoms with Gasteiger partial charge in [0.2, 0.25) is 0 Å². The number of nitrogens with one attached hydrogen (secondary N) is 1. The van der Waals surface area contributed by atoms with Crippen LogP contribution in [-0.2, 0) is 0 Å². The van der Waals surface area contributed by atoms with Gasteiger partial charge in [0.05, 0.1) is 11.7 Å². The van der Waals surface area contributed by atoms with E-state index in [-0.39, 0.29) is 11.9 Å². The molecule has 25 heavy (non-hydrogen) atoms. The zero-order chi connectivity index (χ0) is 17.8. The van der Waals surface area contributed by atoms with Crippen LogP contribution < -0.4 is 5.32 Å². The number of rotatable bonds is 5. The Morgan fingerprint density at radius 3 is 2.64 bits per heavy atom. The zero-order valence-electron chi connectivity index (χ0n) is 14.7. The fraction of sp³-hybridized carbons (Fsp3) is 0.238. The molecule has 3 nitrogen and oxygen atoms in total. The minimum absolute atomic E-state index is 0.0593. The van der Waals surface area contributed by atoms with E-state index >= 15 is 0 Å². The van der Waals surface area contributed by atoms with Crippen molar-refractivity contribution < 1.29 is 4.79 Å². The van der Waals surface area contributed by atoms with Crippen molar-refractivity contribution in [1.29, 1.82) is 0 Å². The lowest BCUT2D eigenvalue weighted by atomic mass is 10.0. The van der Waals surface area contributed by atoms with Crippen LogP contribution in [0, 0.1) is 13.8 Å². The van der Waals surface area contributed by atoms with Crippen LogP contribution in [0.1, 0.15) is 45.9 Å².